The lowest BCUT2D eigenvalue weighted by molar-refractivity contribution is -0.147. The summed E-state index contributed by atoms with van der Waals surface area (Å²) in [6.07, 6.45) is 3.35. The number of carboxylic acid groups (broad SMARTS) is 1. The second kappa shape index (κ2) is 7.27. The number of aliphatic carboxylic acids is 1. The molecule has 0 aliphatic carbocycles. The van der Waals surface area contributed by atoms with E-state index in [9.17, 15) is 9.59 Å². The molecule has 1 amide bonds. The Bertz CT molecular complexity index is 697. The summed E-state index contributed by atoms with van der Waals surface area (Å²) < 4.78 is 7.15. The van der Waals surface area contributed by atoms with Gasteiger partial charge in [0.1, 0.15) is 0 Å². The summed E-state index contributed by atoms with van der Waals surface area (Å²) in [5.74, 6) is -0.927. The zero-order valence-electron chi connectivity index (χ0n) is 13.2. The predicted octanol–water partition coefficient (Wildman–Crippen LogP) is 1.12. The zero-order valence-corrected chi connectivity index (χ0v) is 13.2. The fraction of sp³-hybridized carbons (Fsp3) is 0.353. The second-order valence-electron chi connectivity index (χ2n) is 5.72. The van der Waals surface area contributed by atoms with Crippen LogP contribution >= 0.6 is 0 Å². The highest BCUT2D eigenvalue weighted by molar-refractivity contribution is 5.79. The van der Waals surface area contributed by atoms with E-state index in [1.165, 1.54) is 0 Å². The first-order valence-corrected chi connectivity index (χ1v) is 7.82. The number of amides is 1. The maximum Gasteiger partial charge on any atom is 0.306 e. The van der Waals surface area contributed by atoms with Gasteiger partial charge in [0.15, 0.2) is 0 Å². The van der Waals surface area contributed by atoms with Crippen LogP contribution in [0.15, 0.2) is 42.7 Å². The van der Waals surface area contributed by atoms with E-state index >= 15 is 0 Å². The maximum absolute atomic E-state index is 12.4. The quantitative estimate of drug-likeness (QED) is 0.888. The summed E-state index contributed by atoms with van der Waals surface area (Å²) in [4.78, 5) is 24.9. The topological polar surface area (TPSA) is 84.7 Å². The minimum atomic E-state index is -0.913. The summed E-state index contributed by atoms with van der Waals surface area (Å²) in [6.45, 7) is 1.21. The minimum absolute atomic E-state index is 0.0134. The number of carbonyl (C=O) groups is 2. The molecular formula is C17H19N3O4. The molecule has 1 aromatic carbocycles. The molecule has 2 aromatic rings. The van der Waals surface area contributed by atoms with Gasteiger partial charge >= 0.3 is 5.97 Å². The molecule has 1 aliphatic rings. The van der Waals surface area contributed by atoms with E-state index in [-0.39, 0.29) is 12.3 Å². The Morgan fingerprint density at radius 1 is 1.29 bits per heavy atom. The second-order valence-corrected chi connectivity index (χ2v) is 5.72. The molecule has 1 saturated heterocycles. The number of nitrogens with zero attached hydrogens (tertiary/aromatic N) is 3. The van der Waals surface area contributed by atoms with Gasteiger partial charge in [-0.1, -0.05) is 12.1 Å². The SMILES string of the molecule is O=C(O)C[C@H]1CN(C(=O)Cc2ccc(-n3cccn3)cc2)CCO1. The molecule has 1 atom stereocenters. The molecule has 1 N–H and O–H groups in total. The third-order valence-electron chi connectivity index (χ3n) is 3.95. The van der Waals surface area contributed by atoms with Crippen molar-refractivity contribution in [2.75, 3.05) is 19.7 Å². The fourth-order valence-electron chi connectivity index (χ4n) is 2.74. The predicted molar refractivity (Wildman–Crippen MR) is 85.8 cm³/mol. The van der Waals surface area contributed by atoms with E-state index < -0.39 is 12.1 Å². The van der Waals surface area contributed by atoms with Crippen molar-refractivity contribution in [2.45, 2.75) is 18.9 Å². The molecule has 1 aliphatic heterocycles. The summed E-state index contributed by atoms with van der Waals surface area (Å²) in [7, 11) is 0. The fourth-order valence-corrected chi connectivity index (χ4v) is 2.74. The third-order valence-corrected chi connectivity index (χ3v) is 3.95. The molecule has 0 unspecified atom stereocenters. The van der Waals surface area contributed by atoms with Gasteiger partial charge in [-0.2, -0.15) is 5.10 Å². The van der Waals surface area contributed by atoms with Crippen molar-refractivity contribution < 1.29 is 19.4 Å². The van der Waals surface area contributed by atoms with Gasteiger partial charge < -0.3 is 14.7 Å². The largest absolute Gasteiger partial charge is 0.481 e. The Labute approximate surface area is 139 Å². The van der Waals surface area contributed by atoms with E-state index in [1.54, 1.807) is 15.8 Å². The Hall–Kier alpha value is -2.67. The zero-order chi connectivity index (χ0) is 16.9. The lowest BCUT2D eigenvalue weighted by Gasteiger charge is -2.32. The van der Waals surface area contributed by atoms with Crippen LogP contribution in [0.1, 0.15) is 12.0 Å². The van der Waals surface area contributed by atoms with Crippen LogP contribution in [-0.2, 0) is 20.7 Å². The molecule has 0 bridgehead atoms. The monoisotopic (exact) mass is 329 g/mol. The smallest absolute Gasteiger partial charge is 0.306 e. The van der Waals surface area contributed by atoms with Crippen molar-refractivity contribution in [1.29, 1.82) is 0 Å². The van der Waals surface area contributed by atoms with Gasteiger partial charge in [-0.25, -0.2) is 4.68 Å². The van der Waals surface area contributed by atoms with Gasteiger partial charge in [0, 0.05) is 25.5 Å². The summed E-state index contributed by atoms with van der Waals surface area (Å²) in [5, 5.41) is 13.0. The summed E-state index contributed by atoms with van der Waals surface area (Å²) >= 11 is 0. The average molecular weight is 329 g/mol. The molecular weight excluding hydrogens is 310 g/mol. The number of aromatic nitrogens is 2. The number of ether oxygens (including phenoxy) is 1. The standard InChI is InChI=1S/C17H19N3O4/c21-16(19-8-9-24-15(12-19)11-17(22)23)10-13-2-4-14(5-3-13)20-7-1-6-18-20/h1-7,15H,8-12H2,(H,22,23)/t15-/m0/s1. The van der Waals surface area contributed by atoms with Crippen LogP contribution in [0.3, 0.4) is 0 Å². The van der Waals surface area contributed by atoms with E-state index in [0.717, 1.165) is 11.3 Å². The number of hydrogen-bond acceptors (Lipinski definition) is 4. The average Bonchev–Trinajstić information content (AvgIpc) is 3.09. The maximum atomic E-state index is 12.4. The van der Waals surface area contributed by atoms with E-state index in [1.807, 2.05) is 36.5 Å². The summed E-state index contributed by atoms with van der Waals surface area (Å²) in [5.41, 5.74) is 1.85. The number of carbonyl (C=O) groups excluding carboxylic acids is 1. The number of hydrogen-bond donors (Lipinski definition) is 1. The highest BCUT2D eigenvalue weighted by atomic mass is 16.5. The minimum Gasteiger partial charge on any atom is -0.481 e. The highest BCUT2D eigenvalue weighted by Crippen LogP contribution is 2.13. The first kappa shape index (κ1) is 16.2. The number of rotatable bonds is 5. The van der Waals surface area contributed by atoms with Gasteiger partial charge in [0.25, 0.3) is 0 Å². The van der Waals surface area contributed by atoms with Gasteiger partial charge in [-0.3, -0.25) is 9.59 Å². The lowest BCUT2D eigenvalue weighted by Crippen LogP contribution is -2.46. The van der Waals surface area contributed by atoms with E-state index in [2.05, 4.69) is 5.10 Å². The molecule has 126 valence electrons. The molecule has 0 saturated carbocycles. The Balaban J connectivity index is 1.59. The molecule has 7 nitrogen and oxygen atoms in total. The van der Waals surface area contributed by atoms with Crippen LogP contribution in [0.2, 0.25) is 0 Å². The molecule has 7 heteroatoms. The molecule has 0 radical (unpaired) electrons. The molecule has 0 spiro atoms. The number of benzene rings is 1. The summed E-state index contributed by atoms with van der Waals surface area (Å²) in [6, 6.07) is 9.50. The van der Waals surface area contributed by atoms with E-state index in [4.69, 9.17) is 9.84 Å². The highest BCUT2D eigenvalue weighted by Gasteiger charge is 2.25. The van der Waals surface area contributed by atoms with Gasteiger partial charge in [0.2, 0.25) is 5.91 Å². The van der Waals surface area contributed by atoms with Crippen LogP contribution in [0.5, 0.6) is 0 Å². The van der Waals surface area contributed by atoms with Crippen LogP contribution in [0, 0.1) is 0 Å². The lowest BCUT2D eigenvalue weighted by atomic mass is 10.1. The first-order valence-electron chi connectivity index (χ1n) is 7.82. The Kier molecular flexibility index (Phi) is 4.90. The Morgan fingerprint density at radius 3 is 2.75 bits per heavy atom. The van der Waals surface area contributed by atoms with Crippen molar-refractivity contribution in [2.24, 2.45) is 0 Å². The van der Waals surface area contributed by atoms with Crippen LogP contribution < -0.4 is 0 Å². The van der Waals surface area contributed by atoms with Crippen molar-refractivity contribution in [3.63, 3.8) is 0 Å². The molecule has 1 fully saturated rings. The Morgan fingerprint density at radius 2 is 2.08 bits per heavy atom. The van der Waals surface area contributed by atoms with Crippen molar-refractivity contribution in [3.05, 3.63) is 48.3 Å². The van der Waals surface area contributed by atoms with Gasteiger partial charge in [-0.05, 0) is 23.8 Å². The molecule has 3 rings (SSSR count). The molecule has 24 heavy (non-hydrogen) atoms. The van der Waals surface area contributed by atoms with Crippen LogP contribution in [0.4, 0.5) is 0 Å². The van der Waals surface area contributed by atoms with Crippen molar-refractivity contribution >= 4 is 11.9 Å². The van der Waals surface area contributed by atoms with Crippen molar-refractivity contribution in [1.82, 2.24) is 14.7 Å². The van der Waals surface area contributed by atoms with Gasteiger partial charge in [-0.15, -0.1) is 0 Å². The normalized spacial score (nSPS) is 17.7. The molecule has 1 aromatic heterocycles. The third kappa shape index (κ3) is 3.99. The first-order chi connectivity index (χ1) is 11.6. The van der Waals surface area contributed by atoms with Crippen LogP contribution in [0.25, 0.3) is 5.69 Å². The van der Waals surface area contributed by atoms with Crippen LogP contribution in [-0.4, -0.2) is 57.5 Å². The van der Waals surface area contributed by atoms with Crippen molar-refractivity contribution in [3.8, 4) is 5.69 Å². The number of carboxylic acids is 1. The molecule has 2 heterocycles. The van der Waals surface area contributed by atoms with Gasteiger partial charge in [0.05, 0.1) is 31.2 Å². The number of morpholine rings is 1. The van der Waals surface area contributed by atoms with E-state index in [0.29, 0.717) is 26.1 Å².